The van der Waals surface area contributed by atoms with Crippen molar-refractivity contribution in [2.24, 2.45) is 0 Å². The summed E-state index contributed by atoms with van der Waals surface area (Å²) < 4.78 is 38.6. The molecule has 0 atom stereocenters. The molecule has 4 nitrogen and oxygen atoms in total. The van der Waals surface area contributed by atoms with Gasteiger partial charge in [0.2, 0.25) is 5.91 Å². The molecule has 0 radical (unpaired) electrons. The number of thiazole rings is 1. The van der Waals surface area contributed by atoms with Crippen LogP contribution in [0.2, 0.25) is 0 Å². The number of rotatable bonds is 6. The van der Waals surface area contributed by atoms with Crippen molar-refractivity contribution in [2.45, 2.75) is 39.4 Å². The van der Waals surface area contributed by atoms with Crippen molar-refractivity contribution in [3.8, 4) is 0 Å². The van der Waals surface area contributed by atoms with Crippen molar-refractivity contribution in [3.05, 3.63) is 20.7 Å². The predicted octanol–water partition coefficient (Wildman–Crippen LogP) is 2.41. The largest absolute Gasteiger partial charge is 0.406 e. The van der Waals surface area contributed by atoms with E-state index >= 15 is 0 Å². The van der Waals surface area contributed by atoms with E-state index in [1.165, 1.54) is 4.57 Å². The van der Waals surface area contributed by atoms with Crippen molar-refractivity contribution in [2.75, 3.05) is 13.1 Å². The number of unbranched alkanes of at least 4 members (excludes halogenated alkanes) is 1. The van der Waals surface area contributed by atoms with E-state index in [0.717, 1.165) is 16.2 Å². The minimum absolute atomic E-state index is 0.0484. The molecule has 114 valence electrons. The zero-order chi connectivity index (χ0) is 15.3. The average molecular weight is 310 g/mol. The Labute approximate surface area is 118 Å². The molecule has 0 saturated heterocycles. The van der Waals surface area contributed by atoms with Gasteiger partial charge in [-0.1, -0.05) is 24.7 Å². The van der Waals surface area contributed by atoms with Crippen LogP contribution in [0.1, 0.15) is 25.5 Å². The standard InChI is InChI=1S/C12H17F3N2O2S/c1-3-4-5-16(8-12(13,14)15)10(18)6-17-9(2)7-20-11(17)19/h7H,3-6,8H2,1-2H3. The van der Waals surface area contributed by atoms with Gasteiger partial charge in [-0.15, -0.1) is 0 Å². The lowest BCUT2D eigenvalue weighted by molar-refractivity contribution is -0.161. The molecule has 1 aromatic heterocycles. The van der Waals surface area contributed by atoms with Gasteiger partial charge in [0.05, 0.1) is 0 Å². The van der Waals surface area contributed by atoms with Crippen molar-refractivity contribution >= 4 is 17.2 Å². The summed E-state index contributed by atoms with van der Waals surface area (Å²) >= 11 is 0.930. The highest BCUT2D eigenvalue weighted by molar-refractivity contribution is 7.07. The Kier molecular flexibility index (Phi) is 5.79. The lowest BCUT2D eigenvalue weighted by Gasteiger charge is -2.24. The number of carbonyl (C=O) groups is 1. The molecule has 1 amide bonds. The van der Waals surface area contributed by atoms with Crippen LogP contribution in [0, 0.1) is 6.92 Å². The molecule has 1 aromatic rings. The molecule has 1 rings (SSSR count). The first-order valence-corrected chi connectivity index (χ1v) is 7.12. The Balaban J connectivity index is 2.80. The van der Waals surface area contributed by atoms with Crippen molar-refractivity contribution in [1.29, 1.82) is 0 Å². The van der Waals surface area contributed by atoms with Crippen LogP contribution < -0.4 is 4.87 Å². The van der Waals surface area contributed by atoms with Gasteiger partial charge in [0.15, 0.2) is 0 Å². The van der Waals surface area contributed by atoms with Gasteiger partial charge in [-0.2, -0.15) is 13.2 Å². The highest BCUT2D eigenvalue weighted by atomic mass is 32.1. The molecule has 0 aromatic carbocycles. The second-order valence-corrected chi connectivity index (χ2v) is 5.33. The van der Waals surface area contributed by atoms with E-state index < -0.39 is 18.6 Å². The monoisotopic (exact) mass is 310 g/mol. The summed E-state index contributed by atoms with van der Waals surface area (Å²) in [5.74, 6) is -0.681. The summed E-state index contributed by atoms with van der Waals surface area (Å²) in [5, 5.41) is 1.58. The van der Waals surface area contributed by atoms with E-state index in [0.29, 0.717) is 18.5 Å². The number of carbonyl (C=O) groups excluding carboxylic acids is 1. The third-order valence-corrected chi connectivity index (χ3v) is 3.66. The van der Waals surface area contributed by atoms with Crippen molar-refractivity contribution in [1.82, 2.24) is 9.47 Å². The first kappa shape index (κ1) is 16.7. The molecule has 0 bridgehead atoms. The number of amides is 1. The predicted molar refractivity (Wildman–Crippen MR) is 70.9 cm³/mol. The van der Waals surface area contributed by atoms with Crippen LogP contribution in [-0.4, -0.2) is 34.6 Å². The number of hydrogen-bond acceptors (Lipinski definition) is 3. The van der Waals surface area contributed by atoms with Crippen molar-refractivity contribution < 1.29 is 18.0 Å². The van der Waals surface area contributed by atoms with E-state index in [1.807, 2.05) is 6.92 Å². The number of aromatic nitrogens is 1. The van der Waals surface area contributed by atoms with E-state index in [2.05, 4.69) is 0 Å². The number of nitrogens with zero attached hydrogens (tertiary/aromatic N) is 2. The molecule has 0 aliphatic carbocycles. The van der Waals surface area contributed by atoms with Crippen LogP contribution in [-0.2, 0) is 11.3 Å². The van der Waals surface area contributed by atoms with E-state index in [1.54, 1.807) is 12.3 Å². The Hall–Kier alpha value is -1.31. The third-order valence-electron chi connectivity index (χ3n) is 2.77. The molecule has 0 saturated carbocycles. The average Bonchev–Trinajstić information content (AvgIpc) is 2.64. The molecular weight excluding hydrogens is 293 g/mol. The maximum Gasteiger partial charge on any atom is 0.406 e. The first-order valence-electron chi connectivity index (χ1n) is 6.24. The molecule has 1 heterocycles. The maximum atomic E-state index is 12.5. The van der Waals surface area contributed by atoms with Gasteiger partial charge < -0.3 is 4.90 Å². The summed E-state index contributed by atoms with van der Waals surface area (Å²) in [6.07, 6.45) is -3.24. The Morgan fingerprint density at radius 1 is 1.45 bits per heavy atom. The van der Waals surface area contributed by atoms with Gasteiger partial charge in [-0.25, -0.2) is 0 Å². The summed E-state index contributed by atoms with van der Waals surface area (Å²) in [5.41, 5.74) is 0.579. The molecule has 20 heavy (non-hydrogen) atoms. The van der Waals surface area contributed by atoms with Gasteiger partial charge in [-0.05, 0) is 13.3 Å². The fraction of sp³-hybridized carbons (Fsp3) is 0.667. The number of halogens is 3. The van der Waals surface area contributed by atoms with E-state index in [-0.39, 0.29) is 18.0 Å². The Morgan fingerprint density at radius 3 is 2.55 bits per heavy atom. The normalized spacial score (nSPS) is 11.7. The van der Waals surface area contributed by atoms with Crippen LogP contribution in [0.25, 0.3) is 0 Å². The Bertz CT molecular complexity index is 508. The van der Waals surface area contributed by atoms with Crippen LogP contribution in [0.5, 0.6) is 0 Å². The van der Waals surface area contributed by atoms with Crippen LogP contribution in [0.3, 0.4) is 0 Å². The number of hydrogen-bond donors (Lipinski definition) is 0. The van der Waals surface area contributed by atoms with Gasteiger partial charge in [0.1, 0.15) is 13.1 Å². The molecule has 0 fully saturated rings. The van der Waals surface area contributed by atoms with Gasteiger partial charge in [0, 0.05) is 17.6 Å². The quantitative estimate of drug-likeness (QED) is 0.810. The molecule has 0 N–H and O–H groups in total. The molecule has 8 heteroatoms. The topological polar surface area (TPSA) is 42.3 Å². The van der Waals surface area contributed by atoms with Crippen LogP contribution >= 0.6 is 11.3 Å². The smallest absolute Gasteiger partial charge is 0.332 e. The van der Waals surface area contributed by atoms with Crippen LogP contribution in [0.4, 0.5) is 13.2 Å². The molecule has 0 aliphatic rings. The molecular formula is C12H17F3N2O2S. The lowest BCUT2D eigenvalue weighted by Crippen LogP contribution is -2.42. The van der Waals surface area contributed by atoms with E-state index in [4.69, 9.17) is 0 Å². The third kappa shape index (κ3) is 4.99. The fourth-order valence-electron chi connectivity index (χ4n) is 1.69. The fourth-order valence-corrected chi connectivity index (χ4v) is 2.42. The summed E-state index contributed by atoms with van der Waals surface area (Å²) in [6.45, 7) is 1.92. The first-order chi connectivity index (χ1) is 9.24. The lowest BCUT2D eigenvalue weighted by atomic mass is 10.3. The summed E-state index contributed by atoms with van der Waals surface area (Å²) in [6, 6.07) is 0. The number of aryl methyl sites for hydroxylation is 1. The minimum atomic E-state index is -4.43. The minimum Gasteiger partial charge on any atom is -0.332 e. The zero-order valence-electron chi connectivity index (χ0n) is 11.4. The SMILES string of the molecule is CCCCN(CC(F)(F)F)C(=O)Cn1c(C)csc1=O. The van der Waals surface area contributed by atoms with Gasteiger partial charge >= 0.3 is 11.0 Å². The van der Waals surface area contributed by atoms with Crippen LogP contribution in [0.15, 0.2) is 10.2 Å². The zero-order valence-corrected chi connectivity index (χ0v) is 12.2. The molecule has 0 unspecified atom stereocenters. The Morgan fingerprint density at radius 2 is 2.10 bits per heavy atom. The second-order valence-electron chi connectivity index (χ2n) is 4.51. The molecule has 0 aliphatic heterocycles. The van der Waals surface area contributed by atoms with Gasteiger partial charge in [0.25, 0.3) is 0 Å². The molecule has 0 spiro atoms. The number of alkyl halides is 3. The maximum absolute atomic E-state index is 12.5. The highest BCUT2D eigenvalue weighted by Gasteiger charge is 2.32. The summed E-state index contributed by atoms with van der Waals surface area (Å²) in [4.78, 5) is 23.9. The second kappa shape index (κ2) is 6.92. The van der Waals surface area contributed by atoms with Crippen molar-refractivity contribution in [3.63, 3.8) is 0 Å². The van der Waals surface area contributed by atoms with Gasteiger partial charge in [-0.3, -0.25) is 14.2 Å². The highest BCUT2D eigenvalue weighted by Crippen LogP contribution is 2.17. The van der Waals surface area contributed by atoms with E-state index in [9.17, 15) is 22.8 Å². The summed E-state index contributed by atoms with van der Waals surface area (Å²) in [7, 11) is 0.